The molecule has 2 rings (SSSR count). The van der Waals surface area contributed by atoms with E-state index in [2.05, 4.69) is 5.32 Å². The lowest BCUT2D eigenvalue weighted by Crippen LogP contribution is -2.30. The highest BCUT2D eigenvalue weighted by Crippen LogP contribution is 2.19. The summed E-state index contributed by atoms with van der Waals surface area (Å²) in [5, 5.41) is 2.81. The van der Waals surface area contributed by atoms with Crippen LogP contribution in [0.1, 0.15) is 12.8 Å². The van der Waals surface area contributed by atoms with Crippen molar-refractivity contribution in [1.82, 2.24) is 9.62 Å². The summed E-state index contributed by atoms with van der Waals surface area (Å²) < 4.78 is 30.2. The molecule has 6 nitrogen and oxygen atoms in total. The average molecular weight is 298 g/mol. The fraction of sp³-hybridized carbons (Fsp3) is 0.462. The number of hydrogen-bond acceptors (Lipinski definition) is 4. The SMILES string of the molecule is CN(C)S(=O)(=O)c1ccc(OCC(=O)NC2CC2)cc1. The minimum Gasteiger partial charge on any atom is -0.484 e. The first-order valence-electron chi connectivity index (χ1n) is 6.34. The predicted octanol–water partition coefficient (Wildman–Crippen LogP) is 0.594. The Morgan fingerprint density at radius 3 is 2.40 bits per heavy atom. The van der Waals surface area contributed by atoms with Crippen LogP contribution in [0.3, 0.4) is 0 Å². The number of amides is 1. The molecule has 1 amide bonds. The number of benzene rings is 1. The van der Waals surface area contributed by atoms with E-state index >= 15 is 0 Å². The number of carbonyl (C=O) groups excluding carboxylic acids is 1. The van der Waals surface area contributed by atoms with Crippen LogP contribution in [-0.4, -0.2) is 45.4 Å². The molecule has 1 aromatic carbocycles. The molecule has 0 radical (unpaired) electrons. The molecule has 0 aliphatic heterocycles. The van der Waals surface area contributed by atoms with Gasteiger partial charge >= 0.3 is 0 Å². The molecule has 1 aliphatic carbocycles. The summed E-state index contributed by atoms with van der Waals surface area (Å²) in [5.74, 6) is 0.311. The molecule has 0 aromatic heterocycles. The lowest BCUT2D eigenvalue weighted by atomic mass is 10.3. The van der Waals surface area contributed by atoms with E-state index < -0.39 is 10.0 Å². The van der Waals surface area contributed by atoms with Crippen molar-refractivity contribution >= 4 is 15.9 Å². The maximum Gasteiger partial charge on any atom is 0.258 e. The van der Waals surface area contributed by atoms with E-state index in [0.717, 1.165) is 17.1 Å². The number of nitrogens with zero attached hydrogens (tertiary/aromatic N) is 1. The van der Waals surface area contributed by atoms with Gasteiger partial charge in [-0.1, -0.05) is 0 Å². The Kier molecular flexibility index (Phi) is 4.29. The van der Waals surface area contributed by atoms with Crippen molar-refractivity contribution < 1.29 is 17.9 Å². The topological polar surface area (TPSA) is 75.7 Å². The summed E-state index contributed by atoms with van der Waals surface area (Å²) in [6.45, 7) is -0.0592. The van der Waals surface area contributed by atoms with Crippen LogP contribution in [0.4, 0.5) is 0 Å². The Bertz CT molecular complexity index is 577. The first kappa shape index (κ1) is 14.8. The van der Waals surface area contributed by atoms with Gasteiger partial charge in [-0.05, 0) is 37.1 Å². The zero-order valence-electron chi connectivity index (χ0n) is 11.5. The standard InChI is InChI=1S/C13H18N2O4S/c1-15(2)20(17,18)12-7-5-11(6-8-12)19-9-13(16)14-10-3-4-10/h5-8,10H,3-4,9H2,1-2H3,(H,14,16). The van der Waals surface area contributed by atoms with Crippen molar-refractivity contribution in [2.24, 2.45) is 0 Å². The highest BCUT2D eigenvalue weighted by atomic mass is 32.2. The van der Waals surface area contributed by atoms with E-state index in [1.165, 1.54) is 26.2 Å². The Hall–Kier alpha value is -1.60. The van der Waals surface area contributed by atoms with Crippen molar-refractivity contribution in [3.05, 3.63) is 24.3 Å². The summed E-state index contributed by atoms with van der Waals surface area (Å²) in [5.41, 5.74) is 0. The highest BCUT2D eigenvalue weighted by Gasteiger charge is 2.23. The maximum atomic E-state index is 11.9. The van der Waals surface area contributed by atoms with Gasteiger partial charge in [-0.2, -0.15) is 0 Å². The fourth-order valence-electron chi connectivity index (χ4n) is 1.56. The molecule has 0 unspecified atom stereocenters. The molecular weight excluding hydrogens is 280 g/mol. The Labute approximate surface area is 118 Å². The normalized spacial score (nSPS) is 15.2. The van der Waals surface area contributed by atoms with Gasteiger partial charge in [0.2, 0.25) is 10.0 Å². The van der Waals surface area contributed by atoms with E-state index in [1.807, 2.05) is 0 Å². The van der Waals surface area contributed by atoms with E-state index in [0.29, 0.717) is 11.8 Å². The summed E-state index contributed by atoms with van der Waals surface area (Å²) in [7, 11) is -0.486. The third-order valence-electron chi connectivity index (χ3n) is 2.91. The van der Waals surface area contributed by atoms with E-state index in [1.54, 1.807) is 12.1 Å². The van der Waals surface area contributed by atoms with Crippen LogP contribution in [0.15, 0.2) is 29.2 Å². The monoisotopic (exact) mass is 298 g/mol. The van der Waals surface area contributed by atoms with Crippen molar-refractivity contribution in [3.8, 4) is 5.75 Å². The highest BCUT2D eigenvalue weighted by molar-refractivity contribution is 7.89. The summed E-state index contributed by atoms with van der Waals surface area (Å²) in [6.07, 6.45) is 2.06. The third kappa shape index (κ3) is 3.71. The van der Waals surface area contributed by atoms with Crippen molar-refractivity contribution in [1.29, 1.82) is 0 Å². The number of rotatable bonds is 6. The second-order valence-electron chi connectivity index (χ2n) is 4.89. The summed E-state index contributed by atoms with van der Waals surface area (Å²) >= 11 is 0. The number of hydrogen-bond donors (Lipinski definition) is 1. The molecule has 7 heteroatoms. The zero-order valence-corrected chi connectivity index (χ0v) is 12.3. The molecule has 0 saturated heterocycles. The summed E-state index contributed by atoms with van der Waals surface area (Å²) in [6, 6.07) is 6.31. The largest absolute Gasteiger partial charge is 0.484 e. The van der Waals surface area contributed by atoms with Crippen LogP contribution >= 0.6 is 0 Å². The number of carbonyl (C=O) groups is 1. The molecular formula is C13H18N2O4S. The number of ether oxygens (including phenoxy) is 1. The summed E-state index contributed by atoms with van der Waals surface area (Å²) in [4.78, 5) is 11.6. The van der Waals surface area contributed by atoms with Gasteiger partial charge in [0, 0.05) is 20.1 Å². The number of sulfonamides is 1. The van der Waals surface area contributed by atoms with Crippen LogP contribution in [0, 0.1) is 0 Å². The van der Waals surface area contributed by atoms with Crippen LogP contribution in [0.25, 0.3) is 0 Å². The molecule has 0 spiro atoms. The van der Waals surface area contributed by atoms with Crippen LogP contribution < -0.4 is 10.1 Å². The van der Waals surface area contributed by atoms with Crippen LogP contribution in [0.2, 0.25) is 0 Å². The second kappa shape index (κ2) is 5.80. The first-order chi connectivity index (χ1) is 9.39. The molecule has 0 heterocycles. The molecule has 1 aliphatic rings. The van der Waals surface area contributed by atoms with Gasteiger partial charge in [-0.15, -0.1) is 0 Å². The quantitative estimate of drug-likeness (QED) is 0.834. The van der Waals surface area contributed by atoms with Crippen LogP contribution in [0.5, 0.6) is 5.75 Å². The van der Waals surface area contributed by atoms with Crippen molar-refractivity contribution in [3.63, 3.8) is 0 Å². The molecule has 1 fully saturated rings. The molecule has 1 aromatic rings. The lowest BCUT2D eigenvalue weighted by molar-refractivity contribution is -0.123. The third-order valence-corrected chi connectivity index (χ3v) is 4.74. The van der Waals surface area contributed by atoms with Crippen molar-refractivity contribution in [2.75, 3.05) is 20.7 Å². The van der Waals surface area contributed by atoms with Crippen molar-refractivity contribution in [2.45, 2.75) is 23.8 Å². The number of nitrogens with one attached hydrogen (secondary N) is 1. The Morgan fingerprint density at radius 2 is 1.90 bits per heavy atom. The van der Waals surface area contributed by atoms with Gasteiger partial charge in [-0.3, -0.25) is 4.79 Å². The maximum absolute atomic E-state index is 11.9. The Morgan fingerprint density at radius 1 is 1.30 bits per heavy atom. The predicted molar refractivity (Wildman–Crippen MR) is 74.0 cm³/mol. The van der Waals surface area contributed by atoms with E-state index in [4.69, 9.17) is 4.74 Å². The van der Waals surface area contributed by atoms with Crippen LogP contribution in [-0.2, 0) is 14.8 Å². The first-order valence-corrected chi connectivity index (χ1v) is 7.78. The van der Waals surface area contributed by atoms with Gasteiger partial charge in [-0.25, -0.2) is 12.7 Å². The second-order valence-corrected chi connectivity index (χ2v) is 7.04. The minimum atomic E-state index is -3.43. The van der Waals surface area contributed by atoms with Gasteiger partial charge < -0.3 is 10.1 Å². The molecule has 1 saturated carbocycles. The van der Waals surface area contributed by atoms with Gasteiger partial charge in [0.1, 0.15) is 5.75 Å². The van der Waals surface area contributed by atoms with E-state index in [-0.39, 0.29) is 17.4 Å². The fourth-order valence-corrected chi connectivity index (χ4v) is 2.47. The molecule has 0 bridgehead atoms. The molecule has 0 atom stereocenters. The van der Waals surface area contributed by atoms with Gasteiger partial charge in [0.05, 0.1) is 4.90 Å². The Balaban J connectivity index is 1.92. The van der Waals surface area contributed by atoms with Gasteiger partial charge in [0.25, 0.3) is 5.91 Å². The minimum absolute atomic E-state index is 0.0592. The molecule has 20 heavy (non-hydrogen) atoms. The van der Waals surface area contributed by atoms with Gasteiger partial charge in [0.15, 0.2) is 6.61 Å². The molecule has 110 valence electrons. The average Bonchev–Trinajstić information content (AvgIpc) is 3.20. The zero-order chi connectivity index (χ0) is 14.8. The van der Waals surface area contributed by atoms with E-state index in [9.17, 15) is 13.2 Å². The molecule has 1 N–H and O–H groups in total. The smallest absolute Gasteiger partial charge is 0.258 e. The lowest BCUT2D eigenvalue weighted by Gasteiger charge is -2.12.